The quantitative estimate of drug-likeness (QED) is 0.656. The van der Waals surface area contributed by atoms with E-state index in [4.69, 9.17) is 4.74 Å². The Bertz CT molecular complexity index is 815. The highest BCUT2D eigenvalue weighted by Crippen LogP contribution is 2.31. The number of halogens is 2. The lowest BCUT2D eigenvalue weighted by atomic mass is 10.2. The van der Waals surface area contributed by atoms with Crippen molar-refractivity contribution in [3.8, 4) is 5.75 Å². The first-order valence-corrected chi connectivity index (χ1v) is 9.26. The molecule has 0 saturated carbocycles. The molecule has 0 heterocycles. The number of hydrogen-bond acceptors (Lipinski definition) is 3. The number of nitrogens with zero attached hydrogens (tertiary/aromatic N) is 1. The predicted molar refractivity (Wildman–Crippen MR) is 94.4 cm³/mol. The van der Waals surface area contributed by atoms with Gasteiger partial charge >= 0.3 is 0 Å². The predicted octanol–water partition coefficient (Wildman–Crippen LogP) is 4.34. The number of sulfonamides is 1. The molecule has 0 radical (unpaired) electrons. The average molecular weight is 447 g/mol. The summed E-state index contributed by atoms with van der Waals surface area (Å²) in [7, 11) is -2.23. The Kier molecular flexibility index (Phi) is 5.41. The van der Waals surface area contributed by atoms with E-state index in [0.717, 1.165) is 10.0 Å². The molecule has 0 amide bonds. The van der Waals surface area contributed by atoms with Gasteiger partial charge in [-0.25, -0.2) is 0 Å². The molecule has 0 atom stereocenters. The fraction of sp³-hybridized carbons (Fsp3) is 0.133. The molecule has 7 heteroatoms. The monoisotopic (exact) mass is 445 g/mol. The van der Waals surface area contributed by atoms with E-state index >= 15 is 0 Å². The fourth-order valence-electron chi connectivity index (χ4n) is 1.79. The first-order valence-electron chi connectivity index (χ1n) is 6.23. The van der Waals surface area contributed by atoms with E-state index in [-0.39, 0.29) is 4.90 Å². The molecule has 0 saturated heterocycles. The van der Waals surface area contributed by atoms with Crippen LogP contribution in [0.4, 0.5) is 0 Å². The number of ether oxygens (including phenoxy) is 1. The highest BCUT2D eigenvalue weighted by molar-refractivity contribution is 9.11. The SMILES string of the molecule is COc1c(Br)cc(Br)cc1/C=N\S(=O)(=O)c1ccc(C)cc1. The van der Waals surface area contributed by atoms with Gasteiger partial charge in [0, 0.05) is 10.0 Å². The zero-order chi connectivity index (χ0) is 16.3. The summed E-state index contributed by atoms with van der Waals surface area (Å²) in [5, 5.41) is 0. The molecule has 0 aliphatic carbocycles. The molecule has 4 nitrogen and oxygen atoms in total. The van der Waals surface area contributed by atoms with E-state index in [1.54, 1.807) is 18.2 Å². The second-order valence-electron chi connectivity index (χ2n) is 4.53. The minimum atomic E-state index is -3.74. The summed E-state index contributed by atoms with van der Waals surface area (Å²) in [6.07, 6.45) is 1.28. The van der Waals surface area contributed by atoms with Crippen LogP contribution in [0.15, 0.2) is 54.6 Å². The van der Waals surface area contributed by atoms with Crippen LogP contribution in [0.1, 0.15) is 11.1 Å². The molecule has 0 fully saturated rings. The van der Waals surface area contributed by atoms with E-state index in [2.05, 4.69) is 36.3 Å². The summed E-state index contributed by atoms with van der Waals surface area (Å²) in [5.41, 5.74) is 1.54. The number of methoxy groups -OCH3 is 1. The van der Waals surface area contributed by atoms with Gasteiger partial charge in [0.15, 0.2) is 0 Å². The number of aryl methyl sites for hydroxylation is 1. The van der Waals surface area contributed by atoms with Gasteiger partial charge in [0.05, 0.1) is 22.7 Å². The maximum Gasteiger partial charge on any atom is 0.282 e. The van der Waals surface area contributed by atoms with E-state index in [0.29, 0.717) is 15.8 Å². The van der Waals surface area contributed by atoms with Crippen LogP contribution in [0, 0.1) is 6.92 Å². The zero-order valence-corrected chi connectivity index (χ0v) is 15.9. The Balaban J connectivity index is 2.41. The molecule has 116 valence electrons. The Morgan fingerprint density at radius 1 is 1.14 bits per heavy atom. The second-order valence-corrected chi connectivity index (χ2v) is 7.94. The molecule has 0 aliphatic rings. The third-order valence-corrected chi connectivity index (χ3v) is 5.19. The maximum absolute atomic E-state index is 12.2. The first kappa shape index (κ1) is 17.2. The molecule has 2 rings (SSSR count). The van der Waals surface area contributed by atoms with Gasteiger partial charge in [-0.15, -0.1) is 0 Å². The van der Waals surface area contributed by atoms with Crippen LogP contribution in [-0.4, -0.2) is 21.7 Å². The minimum Gasteiger partial charge on any atom is -0.495 e. The van der Waals surface area contributed by atoms with Gasteiger partial charge in [0.1, 0.15) is 5.75 Å². The molecular formula is C15H13Br2NO3S. The van der Waals surface area contributed by atoms with Crippen molar-refractivity contribution in [3.63, 3.8) is 0 Å². The normalized spacial score (nSPS) is 11.8. The fourth-order valence-corrected chi connectivity index (χ4v) is 4.06. The van der Waals surface area contributed by atoms with Crippen molar-refractivity contribution in [1.29, 1.82) is 0 Å². The molecular weight excluding hydrogens is 434 g/mol. The zero-order valence-electron chi connectivity index (χ0n) is 11.9. The molecule has 0 aromatic heterocycles. The summed E-state index contributed by atoms with van der Waals surface area (Å²) in [4.78, 5) is 0.155. The molecule has 2 aromatic carbocycles. The largest absolute Gasteiger partial charge is 0.495 e. The smallest absolute Gasteiger partial charge is 0.282 e. The van der Waals surface area contributed by atoms with Crippen LogP contribution in [0.2, 0.25) is 0 Å². The Morgan fingerprint density at radius 3 is 2.36 bits per heavy atom. The van der Waals surface area contributed by atoms with Crippen molar-refractivity contribution < 1.29 is 13.2 Å². The van der Waals surface area contributed by atoms with Crippen LogP contribution >= 0.6 is 31.9 Å². The third kappa shape index (κ3) is 3.97. The standard InChI is InChI=1S/C15H13Br2NO3S/c1-10-3-5-13(6-4-10)22(19,20)18-9-11-7-12(16)8-14(17)15(11)21-2/h3-9H,1-2H3/b18-9-. The van der Waals surface area contributed by atoms with Gasteiger partial charge in [0.25, 0.3) is 10.0 Å². The van der Waals surface area contributed by atoms with E-state index in [1.807, 2.05) is 13.0 Å². The molecule has 0 aliphatic heterocycles. The van der Waals surface area contributed by atoms with Gasteiger partial charge in [-0.3, -0.25) is 0 Å². The molecule has 22 heavy (non-hydrogen) atoms. The van der Waals surface area contributed by atoms with Crippen LogP contribution < -0.4 is 4.74 Å². The van der Waals surface area contributed by atoms with Gasteiger partial charge < -0.3 is 4.74 Å². The number of benzene rings is 2. The van der Waals surface area contributed by atoms with Gasteiger partial charge in [-0.2, -0.15) is 12.8 Å². The lowest BCUT2D eigenvalue weighted by Gasteiger charge is -2.07. The van der Waals surface area contributed by atoms with Crippen LogP contribution in [-0.2, 0) is 10.0 Å². The summed E-state index contributed by atoms with van der Waals surface area (Å²) >= 11 is 6.72. The van der Waals surface area contributed by atoms with Gasteiger partial charge in [-0.05, 0) is 47.1 Å². The molecule has 0 bridgehead atoms. The van der Waals surface area contributed by atoms with Crippen molar-refractivity contribution >= 4 is 48.1 Å². The molecule has 0 N–H and O–H groups in total. The maximum atomic E-state index is 12.2. The number of hydrogen-bond donors (Lipinski definition) is 0. The number of rotatable bonds is 4. The highest BCUT2D eigenvalue weighted by Gasteiger charge is 2.13. The van der Waals surface area contributed by atoms with Crippen molar-refractivity contribution in [2.45, 2.75) is 11.8 Å². The lowest BCUT2D eigenvalue weighted by molar-refractivity contribution is 0.411. The van der Waals surface area contributed by atoms with E-state index < -0.39 is 10.0 Å². The van der Waals surface area contributed by atoms with E-state index in [1.165, 1.54) is 25.5 Å². The highest BCUT2D eigenvalue weighted by atomic mass is 79.9. The summed E-state index contributed by atoms with van der Waals surface area (Å²) in [6.45, 7) is 1.89. The van der Waals surface area contributed by atoms with Crippen LogP contribution in [0.5, 0.6) is 5.75 Å². The molecule has 0 unspecified atom stereocenters. The molecule has 2 aromatic rings. The van der Waals surface area contributed by atoms with Crippen LogP contribution in [0.3, 0.4) is 0 Å². The average Bonchev–Trinajstić information content (AvgIpc) is 2.45. The van der Waals surface area contributed by atoms with Crippen molar-refractivity contribution in [2.24, 2.45) is 4.40 Å². The summed E-state index contributed by atoms with van der Waals surface area (Å²) in [6, 6.07) is 10.1. The first-order chi connectivity index (χ1) is 10.3. The van der Waals surface area contributed by atoms with Gasteiger partial charge in [0.2, 0.25) is 0 Å². The summed E-state index contributed by atoms with van der Waals surface area (Å²) < 4.78 is 34.9. The third-order valence-electron chi connectivity index (χ3n) is 2.89. The summed E-state index contributed by atoms with van der Waals surface area (Å²) in [5.74, 6) is 0.519. The Labute approximate surface area is 146 Å². The van der Waals surface area contributed by atoms with Gasteiger partial charge in [-0.1, -0.05) is 33.6 Å². The van der Waals surface area contributed by atoms with Crippen LogP contribution in [0.25, 0.3) is 0 Å². The Morgan fingerprint density at radius 2 is 1.77 bits per heavy atom. The topological polar surface area (TPSA) is 55.7 Å². The Hall–Kier alpha value is -1.18. The van der Waals surface area contributed by atoms with E-state index in [9.17, 15) is 8.42 Å². The second kappa shape index (κ2) is 6.93. The lowest BCUT2D eigenvalue weighted by Crippen LogP contribution is -1.99. The minimum absolute atomic E-state index is 0.155. The van der Waals surface area contributed by atoms with Crippen molar-refractivity contribution in [3.05, 3.63) is 56.5 Å². The van der Waals surface area contributed by atoms with Crippen molar-refractivity contribution in [2.75, 3.05) is 7.11 Å². The molecule has 0 spiro atoms. The van der Waals surface area contributed by atoms with Crippen molar-refractivity contribution in [1.82, 2.24) is 0 Å².